The number of hydrogen-bond acceptors (Lipinski definition) is 4. The molecule has 1 aromatic rings. The van der Waals surface area contributed by atoms with E-state index in [2.05, 4.69) is 19.2 Å². The van der Waals surface area contributed by atoms with Crippen LogP contribution in [-0.4, -0.2) is 23.6 Å². The first-order chi connectivity index (χ1) is 9.66. The lowest BCUT2D eigenvalue weighted by Gasteiger charge is -2.29. The van der Waals surface area contributed by atoms with E-state index in [0.29, 0.717) is 5.92 Å². The number of hydrogen-bond donors (Lipinski definition) is 1. The van der Waals surface area contributed by atoms with Crippen molar-refractivity contribution >= 4 is 0 Å². The molecule has 0 saturated heterocycles. The second-order valence-electron chi connectivity index (χ2n) is 6.34. The highest BCUT2D eigenvalue weighted by Gasteiger charge is 2.39. The molecule has 0 bridgehead atoms. The van der Waals surface area contributed by atoms with Crippen LogP contribution >= 0.6 is 0 Å². The van der Waals surface area contributed by atoms with Crippen LogP contribution in [-0.2, 0) is 23.3 Å². The third kappa shape index (κ3) is 2.25. The number of fused-ring (bicyclic) bond motifs is 1. The summed E-state index contributed by atoms with van der Waals surface area (Å²) in [5.41, 5.74) is 3.55. The molecule has 1 aliphatic heterocycles. The molecular weight excluding hydrogens is 250 g/mol. The minimum absolute atomic E-state index is 0.240. The first-order valence-corrected chi connectivity index (χ1v) is 7.82. The van der Waals surface area contributed by atoms with Gasteiger partial charge < -0.3 is 10.1 Å². The third-order valence-electron chi connectivity index (χ3n) is 4.73. The van der Waals surface area contributed by atoms with Crippen molar-refractivity contribution in [2.75, 3.05) is 13.7 Å². The van der Waals surface area contributed by atoms with Gasteiger partial charge >= 0.3 is 0 Å². The lowest BCUT2D eigenvalue weighted by molar-refractivity contribution is -0.0167. The van der Waals surface area contributed by atoms with Crippen LogP contribution in [0.15, 0.2) is 0 Å². The highest BCUT2D eigenvalue weighted by atomic mass is 16.5. The highest BCUT2D eigenvalue weighted by molar-refractivity contribution is 5.31. The molecule has 1 fully saturated rings. The average molecular weight is 275 g/mol. The van der Waals surface area contributed by atoms with E-state index < -0.39 is 0 Å². The molecule has 4 nitrogen and oxygen atoms in total. The Hall–Kier alpha value is -1.00. The Labute approximate surface area is 121 Å². The van der Waals surface area contributed by atoms with Gasteiger partial charge in [-0.1, -0.05) is 13.8 Å². The van der Waals surface area contributed by atoms with Crippen molar-refractivity contribution in [2.45, 2.75) is 64.0 Å². The smallest absolute Gasteiger partial charge is 0.160 e. The molecule has 20 heavy (non-hydrogen) atoms. The van der Waals surface area contributed by atoms with Crippen LogP contribution in [0.3, 0.4) is 0 Å². The first-order valence-electron chi connectivity index (χ1n) is 7.82. The molecule has 3 rings (SSSR count). The monoisotopic (exact) mass is 275 g/mol. The minimum Gasteiger partial charge on any atom is -0.370 e. The third-order valence-corrected chi connectivity index (χ3v) is 4.73. The Morgan fingerprint density at radius 1 is 1.20 bits per heavy atom. The Morgan fingerprint density at radius 2 is 1.95 bits per heavy atom. The van der Waals surface area contributed by atoms with Gasteiger partial charge in [0.2, 0.25) is 0 Å². The van der Waals surface area contributed by atoms with Gasteiger partial charge in [0.15, 0.2) is 5.82 Å². The van der Waals surface area contributed by atoms with Crippen LogP contribution < -0.4 is 5.32 Å². The fourth-order valence-electron chi connectivity index (χ4n) is 3.53. The minimum atomic E-state index is -0.240. The quantitative estimate of drug-likeness (QED) is 0.921. The topological polar surface area (TPSA) is 47.0 Å². The van der Waals surface area contributed by atoms with Gasteiger partial charge in [-0.25, -0.2) is 9.97 Å². The molecule has 2 aliphatic rings. The van der Waals surface area contributed by atoms with Gasteiger partial charge in [-0.3, -0.25) is 0 Å². The lowest BCUT2D eigenvalue weighted by atomic mass is 9.95. The Kier molecular flexibility index (Phi) is 3.78. The molecule has 0 spiro atoms. The Balaban J connectivity index is 2.10. The average Bonchev–Trinajstić information content (AvgIpc) is 2.96. The molecule has 110 valence electrons. The van der Waals surface area contributed by atoms with Crippen molar-refractivity contribution in [3.05, 3.63) is 22.8 Å². The Bertz CT molecular complexity index is 493. The first kappa shape index (κ1) is 14.0. The van der Waals surface area contributed by atoms with E-state index in [-0.39, 0.29) is 5.60 Å². The zero-order valence-electron chi connectivity index (χ0n) is 12.8. The normalized spacial score (nSPS) is 21.2. The zero-order chi connectivity index (χ0) is 14.2. The van der Waals surface area contributed by atoms with Crippen LogP contribution in [0.4, 0.5) is 0 Å². The van der Waals surface area contributed by atoms with Crippen molar-refractivity contribution in [3.63, 3.8) is 0 Å². The van der Waals surface area contributed by atoms with Gasteiger partial charge in [0.1, 0.15) is 5.60 Å². The summed E-state index contributed by atoms with van der Waals surface area (Å²) in [6, 6.07) is 0. The molecule has 4 heteroatoms. The van der Waals surface area contributed by atoms with Gasteiger partial charge in [0, 0.05) is 13.7 Å². The van der Waals surface area contributed by atoms with E-state index >= 15 is 0 Å². The highest BCUT2D eigenvalue weighted by Crippen LogP contribution is 2.41. The van der Waals surface area contributed by atoms with Gasteiger partial charge in [-0.15, -0.1) is 0 Å². The van der Waals surface area contributed by atoms with Crippen LogP contribution in [0, 0.1) is 0 Å². The molecule has 0 atom stereocenters. The molecule has 0 radical (unpaired) electrons. The van der Waals surface area contributed by atoms with E-state index in [0.717, 1.165) is 38.2 Å². The fraction of sp³-hybridized carbons (Fsp3) is 0.750. The maximum Gasteiger partial charge on any atom is 0.160 e. The number of methoxy groups -OCH3 is 1. The van der Waals surface area contributed by atoms with E-state index in [4.69, 9.17) is 14.7 Å². The van der Waals surface area contributed by atoms with E-state index in [1.807, 2.05) is 0 Å². The molecule has 0 unspecified atom stereocenters. The predicted molar refractivity (Wildman–Crippen MR) is 78.7 cm³/mol. The maximum atomic E-state index is 5.87. The van der Waals surface area contributed by atoms with Crippen molar-refractivity contribution in [1.82, 2.24) is 15.3 Å². The van der Waals surface area contributed by atoms with Crippen molar-refractivity contribution < 1.29 is 4.74 Å². The van der Waals surface area contributed by atoms with Gasteiger partial charge in [-0.2, -0.15) is 0 Å². The summed E-state index contributed by atoms with van der Waals surface area (Å²) in [5.74, 6) is 1.36. The number of nitrogens with zero attached hydrogens (tertiary/aromatic N) is 2. The molecule has 1 saturated carbocycles. The molecular formula is C16H25N3O. The lowest BCUT2D eigenvalue weighted by Crippen LogP contribution is -2.32. The van der Waals surface area contributed by atoms with E-state index in [1.54, 1.807) is 7.11 Å². The molecule has 2 heterocycles. The molecule has 0 aromatic carbocycles. The zero-order valence-corrected chi connectivity index (χ0v) is 12.8. The van der Waals surface area contributed by atoms with Crippen LogP contribution in [0.2, 0.25) is 0 Å². The summed E-state index contributed by atoms with van der Waals surface area (Å²) in [7, 11) is 1.81. The van der Waals surface area contributed by atoms with Gasteiger partial charge in [0.25, 0.3) is 0 Å². The molecule has 1 N–H and O–H groups in total. The van der Waals surface area contributed by atoms with E-state index in [1.165, 1.54) is 29.8 Å². The van der Waals surface area contributed by atoms with Crippen LogP contribution in [0.25, 0.3) is 0 Å². The second kappa shape index (κ2) is 5.41. The summed E-state index contributed by atoms with van der Waals surface area (Å²) >= 11 is 0. The van der Waals surface area contributed by atoms with Gasteiger partial charge in [0.05, 0.1) is 11.4 Å². The van der Waals surface area contributed by atoms with Crippen molar-refractivity contribution in [2.24, 2.45) is 0 Å². The molecule has 1 aromatic heterocycles. The molecule has 1 aliphatic carbocycles. The van der Waals surface area contributed by atoms with E-state index in [9.17, 15) is 0 Å². The summed E-state index contributed by atoms with van der Waals surface area (Å²) < 4.78 is 5.87. The number of aromatic nitrogens is 2. The summed E-state index contributed by atoms with van der Waals surface area (Å²) in [6.07, 6.45) is 5.57. The standard InChI is InChI=1S/C16H25N3O/c1-11(2)14-12-6-9-17-10-13(12)18-15(19-14)16(20-3)7-4-5-8-16/h11,17H,4-10H2,1-3H3. The number of nitrogens with one attached hydrogen (secondary N) is 1. The maximum absolute atomic E-state index is 5.87. The summed E-state index contributed by atoms with van der Waals surface area (Å²) in [5, 5.41) is 3.42. The SMILES string of the molecule is COC1(c2nc3c(c(C(C)C)n2)CCNC3)CCCC1. The summed E-state index contributed by atoms with van der Waals surface area (Å²) in [6.45, 7) is 6.35. The van der Waals surface area contributed by atoms with Crippen molar-refractivity contribution in [3.8, 4) is 0 Å². The number of ether oxygens (including phenoxy) is 1. The summed E-state index contributed by atoms with van der Waals surface area (Å²) in [4.78, 5) is 9.83. The predicted octanol–water partition coefficient (Wildman–Crippen LogP) is 2.66. The van der Waals surface area contributed by atoms with Crippen molar-refractivity contribution in [1.29, 1.82) is 0 Å². The van der Waals surface area contributed by atoms with Gasteiger partial charge in [-0.05, 0) is 50.1 Å². The number of rotatable bonds is 3. The molecule has 0 amide bonds. The second-order valence-corrected chi connectivity index (χ2v) is 6.34. The van der Waals surface area contributed by atoms with Crippen LogP contribution in [0.5, 0.6) is 0 Å². The fourth-order valence-corrected chi connectivity index (χ4v) is 3.53. The Morgan fingerprint density at radius 3 is 2.60 bits per heavy atom. The van der Waals surface area contributed by atoms with Crippen LogP contribution in [0.1, 0.15) is 68.2 Å². The largest absolute Gasteiger partial charge is 0.370 e.